The maximum Gasteiger partial charge on any atom is 0.305 e. The number of carbonyl (C=O) groups is 2. The summed E-state index contributed by atoms with van der Waals surface area (Å²) in [5.74, 6) is -0.137. The van der Waals surface area contributed by atoms with E-state index in [0.717, 1.165) is 19.3 Å². The molecule has 9 heteroatoms. The normalized spacial score (nSPS) is 28.1. The summed E-state index contributed by atoms with van der Waals surface area (Å²) >= 11 is 0. The molecular weight excluding hydrogens is 340 g/mol. The average Bonchev–Trinajstić information content (AvgIpc) is 2.61. The standard InChI is InChI=1S/C17H30N4O5/c1-11-12(2)16(20-13(3)22)17(26-14(11)10-19-21-18)25-9-7-5-6-8-15(23)24-4/h11-12,14,16-17H,5-10H2,1-4H3,(H,20,22). The molecule has 5 unspecified atom stereocenters. The Hall–Kier alpha value is -1.83. The molecule has 0 saturated carbocycles. The predicted molar refractivity (Wildman–Crippen MR) is 95.0 cm³/mol. The SMILES string of the molecule is COC(=O)CCCCCOC1OC(CN=[N+]=[N-])C(C)C(C)C1NC(C)=O. The number of unbranched alkanes of at least 4 members (excludes halogenated alkanes) is 2. The monoisotopic (exact) mass is 370 g/mol. The number of esters is 1. The molecule has 1 aliphatic heterocycles. The molecule has 5 atom stereocenters. The summed E-state index contributed by atoms with van der Waals surface area (Å²) in [6, 6.07) is -0.264. The van der Waals surface area contributed by atoms with E-state index >= 15 is 0 Å². The van der Waals surface area contributed by atoms with E-state index in [1.165, 1.54) is 14.0 Å². The van der Waals surface area contributed by atoms with Crippen molar-refractivity contribution >= 4 is 11.9 Å². The first-order valence-corrected chi connectivity index (χ1v) is 9.02. The van der Waals surface area contributed by atoms with Gasteiger partial charge in [-0.25, -0.2) is 0 Å². The van der Waals surface area contributed by atoms with Gasteiger partial charge in [0.1, 0.15) is 0 Å². The summed E-state index contributed by atoms with van der Waals surface area (Å²) in [5, 5.41) is 6.52. The Morgan fingerprint density at radius 1 is 1.23 bits per heavy atom. The fourth-order valence-electron chi connectivity index (χ4n) is 3.05. The van der Waals surface area contributed by atoms with Gasteiger partial charge in [-0.05, 0) is 30.2 Å². The number of amides is 1. The van der Waals surface area contributed by atoms with Gasteiger partial charge >= 0.3 is 5.97 Å². The minimum atomic E-state index is -0.593. The highest BCUT2D eigenvalue weighted by Gasteiger charge is 2.42. The van der Waals surface area contributed by atoms with Gasteiger partial charge in [0.2, 0.25) is 5.91 Å². The van der Waals surface area contributed by atoms with E-state index in [0.29, 0.717) is 13.0 Å². The highest BCUT2D eigenvalue weighted by Crippen LogP contribution is 2.31. The largest absolute Gasteiger partial charge is 0.469 e. The lowest BCUT2D eigenvalue weighted by molar-refractivity contribution is -0.233. The van der Waals surface area contributed by atoms with Crippen LogP contribution < -0.4 is 5.32 Å². The van der Waals surface area contributed by atoms with Crippen molar-refractivity contribution in [1.82, 2.24) is 5.32 Å². The van der Waals surface area contributed by atoms with Crippen molar-refractivity contribution in [3.05, 3.63) is 10.4 Å². The molecule has 0 aromatic heterocycles. The van der Waals surface area contributed by atoms with Crippen molar-refractivity contribution in [2.45, 2.75) is 64.9 Å². The molecule has 0 aromatic carbocycles. The van der Waals surface area contributed by atoms with Gasteiger partial charge < -0.3 is 19.5 Å². The van der Waals surface area contributed by atoms with Gasteiger partial charge in [-0.1, -0.05) is 25.4 Å². The van der Waals surface area contributed by atoms with Gasteiger partial charge in [-0.2, -0.15) is 0 Å². The van der Waals surface area contributed by atoms with Gasteiger partial charge in [-0.3, -0.25) is 9.59 Å². The summed E-state index contributed by atoms with van der Waals surface area (Å²) in [4.78, 5) is 25.4. The number of ether oxygens (including phenoxy) is 3. The number of nitrogens with zero attached hydrogens (tertiary/aromatic N) is 3. The first kappa shape index (κ1) is 22.2. The summed E-state index contributed by atoms with van der Waals surface area (Å²) in [5.41, 5.74) is 8.55. The molecule has 1 aliphatic rings. The Labute approximate surface area is 154 Å². The van der Waals surface area contributed by atoms with Crippen LogP contribution in [0, 0.1) is 11.8 Å². The fraction of sp³-hybridized carbons (Fsp3) is 0.882. The Morgan fingerprint density at radius 2 is 1.96 bits per heavy atom. The quantitative estimate of drug-likeness (QED) is 0.208. The summed E-state index contributed by atoms with van der Waals surface area (Å²) in [7, 11) is 1.38. The third-order valence-corrected chi connectivity index (χ3v) is 4.81. The molecule has 0 aliphatic carbocycles. The molecule has 0 spiro atoms. The topological polar surface area (TPSA) is 123 Å². The lowest BCUT2D eigenvalue weighted by Gasteiger charge is -2.44. The lowest BCUT2D eigenvalue weighted by atomic mass is 9.82. The molecule has 1 saturated heterocycles. The van der Waals surface area contributed by atoms with Crippen molar-refractivity contribution < 1.29 is 23.8 Å². The van der Waals surface area contributed by atoms with Gasteiger partial charge in [0, 0.05) is 24.9 Å². The Balaban J connectivity index is 2.56. The molecule has 1 fully saturated rings. The maximum atomic E-state index is 11.5. The van der Waals surface area contributed by atoms with E-state index < -0.39 is 6.29 Å². The molecule has 1 amide bonds. The lowest BCUT2D eigenvalue weighted by Crippen LogP contribution is -2.58. The maximum absolute atomic E-state index is 11.5. The van der Waals surface area contributed by atoms with Crippen LogP contribution in [0.4, 0.5) is 0 Å². The fourth-order valence-corrected chi connectivity index (χ4v) is 3.05. The van der Waals surface area contributed by atoms with Crippen LogP contribution in [0.1, 0.15) is 46.5 Å². The number of hydrogen-bond acceptors (Lipinski definition) is 6. The highest BCUT2D eigenvalue weighted by atomic mass is 16.7. The highest BCUT2D eigenvalue weighted by molar-refractivity contribution is 5.73. The van der Waals surface area contributed by atoms with Crippen LogP contribution in [0.25, 0.3) is 10.4 Å². The van der Waals surface area contributed by atoms with Gasteiger partial charge in [0.05, 0.1) is 25.8 Å². The summed E-state index contributed by atoms with van der Waals surface area (Å²) in [6.07, 6.45) is 1.90. The van der Waals surface area contributed by atoms with E-state index in [2.05, 4.69) is 20.1 Å². The van der Waals surface area contributed by atoms with Crippen LogP contribution in [-0.2, 0) is 23.8 Å². The molecule has 148 valence electrons. The smallest absolute Gasteiger partial charge is 0.305 e. The van der Waals surface area contributed by atoms with Gasteiger partial charge in [0.25, 0.3) is 0 Å². The van der Waals surface area contributed by atoms with Crippen LogP contribution in [0.3, 0.4) is 0 Å². The minimum absolute atomic E-state index is 0.107. The van der Waals surface area contributed by atoms with Crippen LogP contribution >= 0.6 is 0 Å². The summed E-state index contributed by atoms with van der Waals surface area (Å²) in [6.45, 7) is 6.20. The van der Waals surface area contributed by atoms with Crippen molar-refractivity contribution in [2.75, 3.05) is 20.3 Å². The van der Waals surface area contributed by atoms with E-state index in [1.54, 1.807) is 0 Å². The van der Waals surface area contributed by atoms with E-state index in [-0.39, 0.29) is 42.4 Å². The Bertz CT molecular complexity index is 509. The molecule has 1 N–H and O–H groups in total. The summed E-state index contributed by atoms with van der Waals surface area (Å²) < 4.78 is 16.4. The second-order valence-corrected chi connectivity index (χ2v) is 6.66. The van der Waals surface area contributed by atoms with Gasteiger partial charge in [0.15, 0.2) is 6.29 Å². The molecule has 9 nitrogen and oxygen atoms in total. The predicted octanol–water partition coefficient (Wildman–Crippen LogP) is 2.55. The zero-order chi connectivity index (χ0) is 19.5. The third-order valence-electron chi connectivity index (χ3n) is 4.81. The number of azide groups is 1. The molecule has 0 aromatic rings. The number of carbonyl (C=O) groups excluding carboxylic acids is 2. The molecule has 26 heavy (non-hydrogen) atoms. The van der Waals surface area contributed by atoms with Crippen molar-refractivity contribution in [1.29, 1.82) is 0 Å². The van der Waals surface area contributed by atoms with E-state index in [9.17, 15) is 9.59 Å². The number of hydrogen-bond donors (Lipinski definition) is 1. The van der Waals surface area contributed by atoms with Crippen molar-refractivity contribution in [3.63, 3.8) is 0 Å². The number of methoxy groups -OCH3 is 1. The van der Waals surface area contributed by atoms with Crippen molar-refractivity contribution in [3.8, 4) is 0 Å². The Morgan fingerprint density at radius 3 is 2.58 bits per heavy atom. The Kier molecular flexibility index (Phi) is 10.0. The second-order valence-electron chi connectivity index (χ2n) is 6.66. The number of rotatable bonds is 10. The molecule has 1 heterocycles. The molecule has 0 bridgehead atoms. The zero-order valence-electron chi connectivity index (χ0n) is 16.0. The number of nitrogens with one attached hydrogen (secondary N) is 1. The van der Waals surface area contributed by atoms with Crippen LogP contribution in [0.2, 0.25) is 0 Å². The molecule has 1 rings (SSSR count). The minimum Gasteiger partial charge on any atom is -0.469 e. The van der Waals surface area contributed by atoms with E-state index in [4.69, 9.17) is 15.0 Å². The zero-order valence-corrected chi connectivity index (χ0v) is 16.0. The van der Waals surface area contributed by atoms with Crippen LogP contribution in [0.5, 0.6) is 0 Å². The molecular formula is C17H30N4O5. The van der Waals surface area contributed by atoms with Crippen LogP contribution in [0.15, 0.2) is 5.11 Å². The van der Waals surface area contributed by atoms with E-state index in [1.807, 2.05) is 13.8 Å². The second kappa shape index (κ2) is 11.7. The van der Waals surface area contributed by atoms with Crippen molar-refractivity contribution in [2.24, 2.45) is 17.0 Å². The third kappa shape index (κ3) is 7.19. The molecule has 0 radical (unpaired) electrons. The first-order chi connectivity index (χ1) is 12.4. The average molecular weight is 370 g/mol. The van der Waals surface area contributed by atoms with Crippen LogP contribution in [-0.4, -0.2) is 50.6 Å². The van der Waals surface area contributed by atoms with Gasteiger partial charge in [-0.15, -0.1) is 0 Å². The first-order valence-electron chi connectivity index (χ1n) is 9.02.